The second-order valence-electron chi connectivity index (χ2n) is 10.8. The second kappa shape index (κ2) is 24.4. The molecule has 0 heterocycles. The van der Waals surface area contributed by atoms with Crippen LogP contribution in [-0.2, 0) is 51.2 Å². The van der Waals surface area contributed by atoms with Gasteiger partial charge in [-0.3, -0.25) is 12.2 Å². The van der Waals surface area contributed by atoms with Gasteiger partial charge in [0.1, 0.15) is 0 Å². The van der Waals surface area contributed by atoms with Crippen LogP contribution in [0, 0.1) is 24.3 Å². The molecule has 0 saturated carbocycles. The van der Waals surface area contributed by atoms with Gasteiger partial charge < -0.3 is 24.8 Å². The van der Waals surface area contributed by atoms with E-state index < -0.39 is 0 Å². The summed E-state index contributed by atoms with van der Waals surface area (Å²) in [5.74, 6) is 0. The molecule has 0 aromatic heterocycles. The van der Waals surface area contributed by atoms with Gasteiger partial charge in [0.15, 0.2) is 0 Å². The van der Waals surface area contributed by atoms with E-state index in [1.807, 2.05) is 36.4 Å². The third-order valence-corrected chi connectivity index (χ3v) is 6.40. The Kier molecular flexibility index (Phi) is 22.5. The van der Waals surface area contributed by atoms with Crippen molar-refractivity contribution in [2.24, 2.45) is 0 Å². The molecule has 46 heavy (non-hydrogen) atoms. The van der Waals surface area contributed by atoms with Crippen LogP contribution in [0.2, 0.25) is 26.2 Å². The summed E-state index contributed by atoms with van der Waals surface area (Å²) in [5, 5.41) is 0. The Bertz CT molecular complexity index is 1420. The first-order valence-electron chi connectivity index (χ1n) is 15.0. The molecule has 0 atom stereocenters. The summed E-state index contributed by atoms with van der Waals surface area (Å²) in [5.41, 5.74) is 11.0. The minimum atomic E-state index is 0. The SMILES string of the molecule is C[Si](C)=[Ti+2].C[Si](C)=[Ti+2].[C-]1=CC=CC1.[C-]1=CC=CC1.[Cl-].[Cl-].[c-]1cccc2c1Cc1ccccc1-2.[c-]1cccc2c1Cc1ccccc1-2. The van der Waals surface area contributed by atoms with Crippen LogP contribution in [0.5, 0.6) is 0 Å². The van der Waals surface area contributed by atoms with Gasteiger partial charge in [0, 0.05) is 0 Å². The zero-order valence-electron chi connectivity index (χ0n) is 27.1. The number of hydrogen-bond acceptors (Lipinski definition) is 0. The van der Waals surface area contributed by atoms with Crippen LogP contribution in [0.1, 0.15) is 35.1 Å². The van der Waals surface area contributed by atoms with Crippen molar-refractivity contribution in [1.82, 2.24) is 0 Å². The normalized spacial score (nSPS) is 12.0. The average molecular weight is 744 g/mol. The van der Waals surface area contributed by atoms with Crippen molar-refractivity contribution < 1.29 is 63.2 Å². The first kappa shape index (κ1) is 42.3. The predicted octanol–water partition coefficient (Wildman–Crippen LogP) is 4.30. The van der Waals surface area contributed by atoms with E-state index in [9.17, 15) is 0 Å². The third kappa shape index (κ3) is 15.5. The number of rotatable bonds is 0. The molecule has 4 aliphatic carbocycles. The molecule has 0 amide bonds. The molecule has 4 aliphatic rings. The molecule has 0 N–H and O–H groups in total. The van der Waals surface area contributed by atoms with Gasteiger partial charge in [-0.15, -0.1) is 24.0 Å². The van der Waals surface area contributed by atoms with Crippen molar-refractivity contribution in [2.45, 2.75) is 51.9 Å². The summed E-state index contributed by atoms with van der Waals surface area (Å²) in [6.45, 7) is 9.07. The van der Waals surface area contributed by atoms with E-state index in [0.29, 0.717) is 0 Å². The molecule has 0 bridgehead atoms. The molecule has 6 heteroatoms. The second-order valence-corrected chi connectivity index (χ2v) is 24.2. The molecule has 4 aromatic rings. The number of allylic oxidation sites excluding steroid dienone is 8. The summed E-state index contributed by atoms with van der Waals surface area (Å²) in [4.78, 5) is 0. The van der Waals surface area contributed by atoms with E-state index >= 15 is 0 Å². The summed E-state index contributed by atoms with van der Waals surface area (Å²) in [7, 11) is 0. The van der Waals surface area contributed by atoms with E-state index in [1.165, 1.54) is 44.5 Å². The van der Waals surface area contributed by atoms with Gasteiger partial charge in [-0.2, -0.15) is 71.8 Å². The van der Waals surface area contributed by atoms with E-state index in [-0.39, 0.29) is 37.2 Å². The van der Waals surface area contributed by atoms with Crippen molar-refractivity contribution >= 4 is 12.4 Å². The summed E-state index contributed by atoms with van der Waals surface area (Å²) < 4.78 is 0. The average Bonchev–Trinajstić information content (AvgIpc) is 3.85. The van der Waals surface area contributed by atoms with E-state index in [0.717, 1.165) is 25.7 Å². The van der Waals surface area contributed by atoms with Crippen LogP contribution in [0.15, 0.2) is 121 Å². The maximum Gasteiger partial charge on any atom is -0.0253 e. The Morgan fingerprint density at radius 2 is 0.870 bits per heavy atom. The Labute approximate surface area is 314 Å². The van der Waals surface area contributed by atoms with Crippen molar-refractivity contribution in [3.05, 3.63) is 168 Å². The number of fused-ring (bicyclic) bond motifs is 6. The van der Waals surface area contributed by atoms with Crippen LogP contribution in [0.3, 0.4) is 0 Å². The van der Waals surface area contributed by atoms with Crippen molar-refractivity contribution in [2.75, 3.05) is 0 Å². The fourth-order valence-electron chi connectivity index (χ4n) is 4.68. The van der Waals surface area contributed by atoms with Crippen molar-refractivity contribution in [1.29, 1.82) is 0 Å². The molecule has 4 aromatic carbocycles. The van der Waals surface area contributed by atoms with Crippen LogP contribution in [0.25, 0.3) is 22.3 Å². The minimum Gasteiger partial charge on any atom is -1.00 e. The molecule has 0 spiro atoms. The maximum atomic E-state index is 3.30. The summed E-state index contributed by atoms with van der Waals surface area (Å²) in [6.07, 6.45) is 22.3. The Balaban J connectivity index is 0.000000298. The number of halogens is 2. The molecule has 0 nitrogen and oxygen atoms in total. The smallest absolute Gasteiger partial charge is 0.0253 e. The monoisotopic (exact) mass is 742 g/mol. The van der Waals surface area contributed by atoms with Crippen LogP contribution in [-0.4, -0.2) is 12.4 Å². The molecule has 0 radical (unpaired) electrons. The molecular formula is C40H40Cl2Si2Ti2-2. The van der Waals surface area contributed by atoms with Crippen LogP contribution >= 0.6 is 0 Å². The topological polar surface area (TPSA) is 0 Å². The zero-order chi connectivity index (χ0) is 31.6. The van der Waals surface area contributed by atoms with Gasteiger partial charge in [0.25, 0.3) is 0 Å². The summed E-state index contributed by atoms with van der Waals surface area (Å²) in [6, 6.07) is 36.2. The molecular weight excluding hydrogens is 703 g/mol. The van der Waals surface area contributed by atoms with Crippen molar-refractivity contribution in [3.8, 4) is 22.3 Å². The van der Waals surface area contributed by atoms with Crippen LogP contribution < -0.4 is 24.8 Å². The zero-order valence-corrected chi connectivity index (χ0v) is 33.8. The predicted molar refractivity (Wildman–Crippen MR) is 185 cm³/mol. The van der Waals surface area contributed by atoms with Crippen LogP contribution in [0.4, 0.5) is 0 Å². The first-order valence-corrected chi connectivity index (χ1v) is 24.7. The van der Waals surface area contributed by atoms with Gasteiger partial charge in [0.05, 0.1) is 0 Å². The van der Waals surface area contributed by atoms with Gasteiger partial charge in [-0.05, 0) is 12.8 Å². The quantitative estimate of drug-likeness (QED) is 0.161. The van der Waals surface area contributed by atoms with E-state index in [1.54, 1.807) is 0 Å². The van der Waals surface area contributed by atoms with Gasteiger partial charge in [0.2, 0.25) is 0 Å². The molecule has 0 unspecified atom stereocenters. The minimum absolute atomic E-state index is 0. The summed E-state index contributed by atoms with van der Waals surface area (Å²) >= 11 is 4.54. The fraction of sp³-hybridized carbons (Fsp3) is 0.200. The Morgan fingerprint density at radius 3 is 1.17 bits per heavy atom. The largest absolute Gasteiger partial charge is 1.00 e. The van der Waals surface area contributed by atoms with E-state index in [2.05, 4.69) is 174 Å². The van der Waals surface area contributed by atoms with Crippen molar-refractivity contribution in [3.63, 3.8) is 0 Å². The van der Waals surface area contributed by atoms with Gasteiger partial charge in [-0.25, -0.2) is 24.3 Å². The molecule has 8 rings (SSSR count). The molecule has 0 aliphatic heterocycles. The van der Waals surface area contributed by atoms with E-state index in [4.69, 9.17) is 0 Å². The van der Waals surface area contributed by atoms with Gasteiger partial charge in [-0.1, -0.05) is 70.8 Å². The molecule has 0 saturated heterocycles. The Morgan fingerprint density at radius 1 is 0.522 bits per heavy atom. The maximum absolute atomic E-state index is 3.30. The fourth-order valence-corrected chi connectivity index (χ4v) is 4.68. The standard InChI is InChI=1S/2C13H9.2C5H5.2C2H6Si.2ClH.2Ti/c2*1-3-7-12-10(5-1)9-11-6-2-4-8-13(11)12;2*1-2-4-5-3-1;2*1-3-2;;;;/h2*1-5,7-8H,9H2;2*1-3H,4H2;2*1-2H3;2*1H;;/q4*-1;;;;;2*+2/p-2. The Hall–Kier alpha value is -1.72. The molecule has 0 fully saturated rings. The number of benzene rings is 4. The number of hydrogen-bond donors (Lipinski definition) is 0. The third-order valence-electron chi connectivity index (χ3n) is 6.40. The molecule has 232 valence electrons. The first-order chi connectivity index (χ1) is 21.4. The van der Waals surface area contributed by atoms with Gasteiger partial charge >= 0.3 is 76.9 Å².